The monoisotopic (exact) mass is 241 g/mol. The predicted molar refractivity (Wildman–Crippen MR) is 75.2 cm³/mol. The maximum atomic E-state index is 6.13. The molecule has 1 rings (SSSR count). The van der Waals surface area contributed by atoms with E-state index in [4.69, 9.17) is 5.73 Å². The van der Waals surface area contributed by atoms with Crippen LogP contribution >= 0.6 is 0 Å². The minimum Gasteiger partial charge on any atom is -0.329 e. The highest BCUT2D eigenvalue weighted by Gasteiger charge is 2.38. The summed E-state index contributed by atoms with van der Waals surface area (Å²) in [5.74, 6) is 0.834. The fraction of sp³-hybridized carbons (Fsp3) is 1.00. The van der Waals surface area contributed by atoms with Gasteiger partial charge in [-0.2, -0.15) is 0 Å². The lowest BCUT2D eigenvalue weighted by Gasteiger charge is -2.48. The molecule has 17 heavy (non-hydrogen) atoms. The molecule has 2 N–H and O–H groups in total. The highest BCUT2D eigenvalue weighted by atomic mass is 15.2. The van der Waals surface area contributed by atoms with E-state index < -0.39 is 0 Å². The zero-order valence-corrected chi connectivity index (χ0v) is 12.2. The van der Waals surface area contributed by atoms with Gasteiger partial charge in [0.1, 0.15) is 0 Å². The summed E-state index contributed by atoms with van der Waals surface area (Å²) in [6, 6.07) is 0. The normalized spacial score (nSPS) is 30.2. The van der Waals surface area contributed by atoms with Gasteiger partial charge in [0.05, 0.1) is 0 Å². The molecule has 3 heteroatoms. The Morgan fingerprint density at radius 1 is 1.29 bits per heavy atom. The van der Waals surface area contributed by atoms with Crippen molar-refractivity contribution in [2.24, 2.45) is 11.7 Å². The van der Waals surface area contributed by atoms with E-state index in [0.717, 1.165) is 32.1 Å². The Morgan fingerprint density at radius 2 is 2.00 bits per heavy atom. The van der Waals surface area contributed by atoms with Crippen molar-refractivity contribution in [3.8, 4) is 0 Å². The van der Waals surface area contributed by atoms with E-state index in [1.54, 1.807) is 0 Å². The molecule has 0 aromatic heterocycles. The predicted octanol–water partition coefficient (Wildman–Crippen LogP) is 1.78. The van der Waals surface area contributed by atoms with Gasteiger partial charge in [-0.25, -0.2) is 0 Å². The van der Waals surface area contributed by atoms with Crippen molar-refractivity contribution < 1.29 is 0 Å². The van der Waals surface area contributed by atoms with Crippen LogP contribution in [0.5, 0.6) is 0 Å². The summed E-state index contributed by atoms with van der Waals surface area (Å²) in [7, 11) is 4.29. The Kier molecular flexibility index (Phi) is 5.90. The fourth-order valence-electron chi connectivity index (χ4n) is 3.29. The van der Waals surface area contributed by atoms with Gasteiger partial charge in [0, 0.05) is 25.2 Å². The topological polar surface area (TPSA) is 32.5 Å². The lowest BCUT2D eigenvalue weighted by Crippen LogP contribution is -2.57. The van der Waals surface area contributed by atoms with E-state index in [0.29, 0.717) is 0 Å². The molecule has 0 radical (unpaired) electrons. The molecule has 2 unspecified atom stereocenters. The average Bonchev–Trinajstić information content (AvgIpc) is 2.29. The first-order valence-electron chi connectivity index (χ1n) is 7.14. The molecule has 1 fully saturated rings. The van der Waals surface area contributed by atoms with E-state index >= 15 is 0 Å². The van der Waals surface area contributed by atoms with Gasteiger partial charge in [0.2, 0.25) is 0 Å². The van der Waals surface area contributed by atoms with Gasteiger partial charge in [0.15, 0.2) is 0 Å². The maximum absolute atomic E-state index is 6.13. The van der Waals surface area contributed by atoms with Crippen LogP contribution in [-0.4, -0.2) is 55.6 Å². The zero-order valence-electron chi connectivity index (χ0n) is 12.2. The van der Waals surface area contributed by atoms with Crippen molar-refractivity contribution in [1.29, 1.82) is 0 Å². The molecule has 3 nitrogen and oxygen atoms in total. The van der Waals surface area contributed by atoms with Gasteiger partial charge in [-0.3, -0.25) is 4.90 Å². The summed E-state index contributed by atoms with van der Waals surface area (Å²) in [6.07, 6.45) is 5.30. The first-order chi connectivity index (χ1) is 8.04. The van der Waals surface area contributed by atoms with Crippen LogP contribution in [0.3, 0.4) is 0 Å². The van der Waals surface area contributed by atoms with Crippen LogP contribution in [0.4, 0.5) is 0 Å². The van der Waals surface area contributed by atoms with Gasteiger partial charge in [0.25, 0.3) is 0 Å². The largest absolute Gasteiger partial charge is 0.329 e. The SMILES string of the molecule is CCN(CCN(C)C)C1(CN)CCCC(C)C1. The first-order valence-corrected chi connectivity index (χ1v) is 7.14. The molecule has 2 atom stereocenters. The number of nitrogens with two attached hydrogens (primary N) is 1. The second-order valence-corrected chi connectivity index (χ2v) is 6.01. The third-order valence-electron chi connectivity index (χ3n) is 4.32. The molecule has 0 aromatic carbocycles. The number of nitrogens with zero attached hydrogens (tertiary/aromatic N) is 2. The van der Waals surface area contributed by atoms with Gasteiger partial charge >= 0.3 is 0 Å². The van der Waals surface area contributed by atoms with Crippen LogP contribution in [0.1, 0.15) is 39.5 Å². The maximum Gasteiger partial charge on any atom is 0.0334 e. The van der Waals surface area contributed by atoms with Crippen molar-refractivity contribution in [3.63, 3.8) is 0 Å². The standard InChI is InChI=1S/C14H31N3/c1-5-17(10-9-16(3)4)14(12-15)8-6-7-13(2)11-14/h13H,5-12,15H2,1-4H3. The summed E-state index contributed by atoms with van der Waals surface area (Å²) in [4.78, 5) is 4.89. The van der Waals surface area contributed by atoms with E-state index in [1.165, 1.54) is 25.7 Å². The Labute approximate surface area is 107 Å². The van der Waals surface area contributed by atoms with Crippen LogP contribution in [0, 0.1) is 5.92 Å². The summed E-state index contributed by atoms with van der Waals surface area (Å²) < 4.78 is 0. The second kappa shape index (κ2) is 6.72. The highest BCUT2D eigenvalue weighted by Crippen LogP contribution is 2.36. The lowest BCUT2D eigenvalue weighted by atomic mass is 9.75. The first kappa shape index (κ1) is 14.9. The van der Waals surface area contributed by atoms with E-state index in [1.807, 2.05) is 0 Å². The molecule has 0 spiro atoms. The summed E-state index contributed by atoms with van der Waals surface area (Å²) in [6.45, 7) is 8.86. The van der Waals surface area contributed by atoms with Gasteiger partial charge < -0.3 is 10.6 Å². The van der Waals surface area contributed by atoms with Gasteiger partial charge in [-0.05, 0) is 39.4 Å². The molecular formula is C14H31N3. The van der Waals surface area contributed by atoms with E-state index in [9.17, 15) is 0 Å². The van der Waals surface area contributed by atoms with Crippen molar-refractivity contribution in [2.75, 3.05) is 40.3 Å². The second-order valence-electron chi connectivity index (χ2n) is 6.01. The summed E-state index contributed by atoms with van der Waals surface area (Å²) >= 11 is 0. The molecular weight excluding hydrogens is 210 g/mol. The van der Waals surface area contributed by atoms with Gasteiger partial charge in [-0.1, -0.05) is 26.7 Å². The van der Waals surface area contributed by atoms with Crippen molar-refractivity contribution in [1.82, 2.24) is 9.80 Å². The van der Waals surface area contributed by atoms with Crippen LogP contribution in [0.25, 0.3) is 0 Å². The number of hydrogen-bond acceptors (Lipinski definition) is 3. The fourth-order valence-corrected chi connectivity index (χ4v) is 3.29. The number of rotatable bonds is 6. The average molecular weight is 241 g/mol. The van der Waals surface area contributed by atoms with Crippen LogP contribution in [0.15, 0.2) is 0 Å². The van der Waals surface area contributed by atoms with Crippen LogP contribution < -0.4 is 5.73 Å². The lowest BCUT2D eigenvalue weighted by molar-refractivity contribution is 0.0387. The van der Waals surface area contributed by atoms with Crippen molar-refractivity contribution >= 4 is 0 Å². The Balaban J connectivity index is 2.66. The Morgan fingerprint density at radius 3 is 2.47 bits per heavy atom. The number of hydrogen-bond donors (Lipinski definition) is 1. The molecule has 0 aromatic rings. The van der Waals surface area contributed by atoms with Gasteiger partial charge in [-0.15, -0.1) is 0 Å². The third kappa shape index (κ3) is 3.94. The number of likely N-dealkylation sites (N-methyl/N-ethyl adjacent to an activating group) is 2. The quantitative estimate of drug-likeness (QED) is 0.769. The highest BCUT2D eigenvalue weighted by molar-refractivity contribution is 4.95. The molecule has 0 saturated heterocycles. The molecule has 0 amide bonds. The zero-order chi connectivity index (χ0) is 12.9. The Hall–Kier alpha value is -0.120. The minimum absolute atomic E-state index is 0.280. The molecule has 0 aliphatic heterocycles. The molecule has 1 saturated carbocycles. The van der Waals surface area contributed by atoms with Crippen molar-refractivity contribution in [2.45, 2.75) is 45.1 Å². The van der Waals surface area contributed by atoms with Crippen LogP contribution in [0.2, 0.25) is 0 Å². The smallest absolute Gasteiger partial charge is 0.0334 e. The molecule has 1 aliphatic carbocycles. The minimum atomic E-state index is 0.280. The van der Waals surface area contributed by atoms with E-state index in [2.05, 4.69) is 37.7 Å². The molecule has 1 aliphatic rings. The van der Waals surface area contributed by atoms with E-state index in [-0.39, 0.29) is 5.54 Å². The molecule has 0 bridgehead atoms. The summed E-state index contributed by atoms with van der Waals surface area (Å²) in [5, 5.41) is 0. The summed E-state index contributed by atoms with van der Waals surface area (Å²) in [5.41, 5.74) is 6.41. The van der Waals surface area contributed by atoms with Crippen LogP contribution in [-0.2, 0) is 0 Å². The molecule has 0 heterocycles. The third-order valence-corrected chi connectivity index (χ3v) is 4.32. The Bertz CT molecular complexity index is 218. The molecule has 102 valence electrons. The van der Waals surface area contributed by atoms with Crippen molar-refractivity contribution in [3.05, 3.63) is 0 Å².